The Labute approximate surface area is 166 Å². The molecule has 0 spiro atoms. The van der Waals surface area contributed by atoms with Crippen molar-refractivity contribution >= 4 is 39.4 Å². The molecule has 7 heteroatoms. The molecule has 0 saturated carbocycles. The van der Waals surface area contributed by atoms with E-state index in [-0.39, 0.29) is 11.5 Å². The summed E-state index contributed by atoms with van der Waals surface area (Å²) in [4.78, 5) is 34.6. The third-order valence-electron chi connectivity index (χ3n) is 4.52. The number of aromatic nitrogens is 1. The number of methoxy groups -OCH3 is 1. The molecule has 3 aromatic rings. The van der Waals surface area contributed by atoms with Gasteiger partial charge in [-0.3, -0.25) is 14.5 Å². The molecular formula is C21H19N3O3S. The summed E-state index contributed by atoms with van der Waals surface area (Å²) in [6.07, 6.45) is 0.864. The fraction of sp³-hybridized carbons (Fsp3) is 0.190. The van der Waals surface area contributed by atoms with E-state index in [4.69, 9.17) is 9.73 Å². The number of fused-ring (bicyclic) bond motifs is 1. The number of carbonyl (C=O) groups is 1. The standard InChI is InChI=1S/C21H19N3O3S/c1-27-18-10-5-4-9-17(18)23-21-24(11-6-12-28-21)20(26)15-13-19(25)22-16-8-3-2-7-14(15)16/h2-5,7-10,13H,6,11-12H2,1H3,(H,22,25). The van der Waals surface area contributed by atoms with Gasteiger partial charge in [0.25, 0.3) is 5.91 Å². The summed E-state index contributed by atoms with van der Waals surface area (Å²) in [7, 11) is 1.60. The number of carbonyl (C=O) groups excluding carboxylic acids is 1. The van der Waals surface area contributed by atoms with Gasteiger partial charge in [0.15, 0.2) is 5.17 Å². The Kier molecular flexibility index (Phi) is 5.16. The number of nitrogens with zero attached hydrogens (tertiary/aromatic N) is 2. The zero-order valence-electron chi connectivity index (χ0n) is 15.3. The highest BCUT2D eigenvalue weighted by atomic mass is 32.2. The largest absolute Gasteiger partial charge is 0.494 e. The first-order chi connectivity index (χ1) is 13.7. The van der Waals surface area contributed by atoms with Gasteiger partial charge in [0.05, 0.1) is 12.7 Å². The van der Waals surface area contributed by atoms with E-state index in [0.29, 0.717) is 34.2 Å². The van der Waals surface area contributed by atoms with E-state index in [1.54, 1.807) is 18.1 Å². The Bertz CT molecular complexity index is 1120. The zero-order valence-corrected chi connectivity index (χ0v) is 16.2. The number of thioether (sulfide) groups is 1. The molecule has 1 aliphatic heterocycles. The van der Waals surface area contributed by atoms with Crippen LogP contribution in [0.1, 0.15) is 16.8 Å². The number of hydrogen-bond acceptors (Lipinski definition) is 5. The number of amides is 1. The molecule has 142 valence electrons. The molecule has 1 saturated heterocycles. The molecule has 6 nitrogen and oxygen atoms in total. The molecule has 1 aromatic heterocycles. The summed E-state index contributed by atoms with van der Waals surface area (Å²) in [5, 5.41) is 1.34. The number of amidine groups is 1. The van der Waals surface area contributed by atoms with E-state index >= 15 is 0 Å². The number of aliphatic imine (C=N–C) groups is 1. The third kappa shape index (κ3) is 3.53. The first kappa shape index (κ1) is 18.3. The molecular weight excluding hydrogens is 374 g/mol. The van der Waals surface area contributed by atoms with Crippen LogP contribution in [0.3, 0.4) is 0 Å². The van der Waals surface area contributed by atoms with E-state index in [2.05, 4.69) is 4.98 Å². The quantitative estimate of drug-likeness (QED) is 0.734. The Balaban J connectivity index is 1.78. The fourth-order valence-electron chi connectivity index (χ4n) is 3.19. The molecule has 2 heterocycles. The lowest BCUT2D eigenvalue weighted by Gasteiger charge is -2.28. The van der Waals surface area contributed by atoms with Gasteiger partial charge in [-0.05, 0) is 24.6 Å². The molecule has 0 unspecified atom stereocenters. The smallest absolute Gasteiger partial charge is 0.260 e. The Morgan fingerprint density at radius 1 is 1.18 bits per heavy atom. The van der Waals surface area contributed by atoms with Crippen molar-refractivity contribution in [2.24, 2.45) is 4.99 Å². The van der Waals surface area contributed by atoms with Crippen LogP contribution in [0.2, 0.25) is 0 Å². The molecule has 0 radical (unpaired) electrons. The van der Waals surface area contributed by atoms with Crippen LogP contribution in [0.4, 0.5) is 5.69 Å². The second kappa shape index (κ2) is 7.90. The number of benzene rings is 2. The number of para-hydroxylation sites is 3. The Morgan fingerprint density at radius 2 is 1.96 bits per heavy atom. The van der Waals surface area contributed by atoms with Crippen LogP contribution >= 0.6 is 11.8 Å². The molecule has 2 aromatic carbocycles. The van der Waals surface area contributed by atoms with E-state index in [1.165, 1.54) is 17.8 Å². The molecule has 0 atom stereocenters. The van der Waals surface area contributed by atoms with Crippen molar-refractivity contribution in [2.45, 2.75) is 6.42 Å². The number of aromatic amines is 1. The van der Waals surface area contributed by atoms with Crippen molar-refractivity contribution in [3.63, 3.8) is 0 Å². The van der Waals surface area contributed by atoms with Crippen LogP contribution in [-0.2, 0) is 0 Å². The summed E-state index contributed by atoms with van der Waals surface area (Å²) in [6.45, 7) is 0.556. The van der Waals surface area contributed by atoms with Gasteiger partial charge in [-0.25, -0.2) is 4.99 Å². The van der Waals surface area contributed by atoms with E-state index < -0.39 is 0 Å². The predicted octanol–water partition coefficient (Wildman–Crippen LogP) is 3.80. The van der Waals surface area contributed by atoms with Crippen molar-refractivity contribution in [3.8, 4) is 5.75 Å². The third-order valence-corrected chi connectivity index (χ3v) is 5.58. The average Bonchev–Trinajstić information content (AvgIpc) is 2.73. The topological polar surface area (TPSA) is 74.8 Å². The van der Waals surface area contributed by atoms with Gasteiger partial charge in [0.2, 0.25) is 5.56 Å². The molecule has 1 N–H and O–H groups in total. The molecule has 4 rings (SSSR count). The lowest BCUT2D eigenvalue weighted by atomic mass is 10.1. The maximum absolute atomic E-state index is 13.4. The number of H-pyrrole nitrogens is 1. The molecule has 1 aliphatic rings. The van der Waals surface area contributed by atoms with Gasteiger partial charge >= 0.3 is 0 Å². The summed E-state index contributed by atoms with van der Waals surface area (Å²) < 4.78 is 5.38. The van der Waals surface area contributed by atoms with Gasteiger partial charge in [0, 0.05) is 29.3 Å². The van der Waals surface area contributed by atoms with E-state index in [9.17, 15) is 9.59 Å². The monoisotopic (exact) mass is 393 g/mol. The van der Waals surface area contributed by atoms with Crippen molar-refractivity contribution in [2.75, 3.05) is 19.4 Å². The minimum atomic E-state index is -0.296. The van der Waals surface area contributed by atoms with E-state index in [1.807, 2.05) is 42.5 Å². The summed E-state index contributed by atoms with van der Waals surface area (Å²) >= 11 is 1.53. The molecule has 28 heavy (non-hydrogen) atoms. The second-order valence-electron chi connectivity index (χ2n) is 6.32. The zero-order chi connectivity index (χ0) is 19.5. The second-order valence-corrected chi connectivity index (χ2v) is 7.38. The fourth-order valence-corrected chi connectivity index (χ4v) is 4.14. The Morgan fingerprint density at radius 3 is 2.82 bits per heavy atom. The van der Waals surface area contributed by atoms with Crippen LogP contribution in [0.15, 0.2) is 64.4 Å². The van der Waals surface area contributed by atoms with Gasteiger partial charge in [-0.15, -0.1) is 0 Å². The maximum atomic E-state index is 13.4. The average molecular weight is 393 g/mol. The van der Waals surface area contributed by atoms with Crippen molar-refractivity contribution in [1.29, 1.82) is 0 Å². The maximum Gasteiger partial charge on any atom is 0.260 e. The molecule has 1 fully saturated rings. The number of hydrogen-bond donors (Lipinski definition) is 1. The van der Waals surface area contributed by atoms with Crippen LogP contribution in [0.25, 0.3) is 10.9 Å². The lowest BCUT2D eigenvalue weighted by Crippen LogP contribution is -2.39. The number of pyridine rings is 1. The SMILES string of the molecule is COc1ccccc1N=C1SCCCN1C(=O)c1cc(=O)[nH]c2ccccc12. The predicted molar refractivity (Wildman–Crippen MR) is 113 cm³/mol. The summed E-state index contributed by atoms with van der Waals surface area (Å²) in [6, 6.07) is 16.1. The molecule has 1 amide bonds. The summed E-state index contributed by atoms with van der Waals surface area (Å²) in [5.41, 5.74) is 1.40. The van der Waals surface area contributed by atoms with Crippen LogP contribution in [0, 0.1) is 0 Å². The number of rotatable bonds is 3. The highest BCUT2D eigenvalue weighted by molar-refractivity contribution is 8.13. The van der Waals surface area contributed by atoms with E-state index in [0.717, 1.165) is 17.6 Å². The number of nitrogens with one attached hydrogen (secondary N) is 1. The highest BCUT2D eigenvalue weighted by Crippen LogP contribution is 2.30. The normalized spacial score (nSPS) is 15.8. The first-order valence-electron chi connectivity index (χ1n) is 8.96. The number of ether oxygens (including phenoxy) is 1. The molecule has 0 aliphatic carbocycles. The minimum absolute atomic E-state index is 0.219. The van der Waals surface area contributed by atoms with Gasteiger partial charge in [-0.1, -0.05) is 42.1 Å². The minimum Gasteiger partial charge on any atom is -0.494 e. The van der Waals surface area contributed by atoms with Gasteiger partial charge in [-0.2, -0.15) is 0 Å². The van der Waals surface area contributed by atoms with Crippen molar-refractivity contribution in [1.82, 2.24) is 9.88 Å². The first-order valence-corrected chi connectivity index (χ1v) is 9.94. The van der Waals surface area contributed by atoms with Crippen molar-refractivity contribution < 1.29 is 9.53 Å². The van der Waals surface area contributed by atoms with Crippen LogP contribution in [0.5, 0.6) is 5.75 Å². The van der Waals surface area contributed by atoms with Gasteiger partial charge in [0.1, 0.15) is 11.4 Å². The lowest BCUT2D eigenvalue weighted by molar-refractivity contribution is 0.0851. The van der Waals surface area contributed by atoms with Crippen LogP contribution in [-0.4, -0.2) is 40.4 Å². The molecule has 0 bridgehead atoms. The van der Waals surface area contributed by atoms with Crippen LogP contribution < -0.4 is 10.3 Å². The van der Waals surface area contributed by atoms with Crippen molar-refractivity contribution in [3.05, 3.63) is 70.5 Å². The summed E-state index contributed by atoms with van der Waals surface area (Å²) in [5.74, 6) is 1.31. The Hall–Kier alpha value is -3.06. The van der Waals surface area contributed by atoms with Gasteiger partial charge < -0.3 is 9.72 Å². The highest BCUT2D eigenvalue weighted by Gasteiger charge is 2.26.